The Labute approximate surface area is 200 Å². The molecule has 1 heterocycles. The highest BCUT2D eigenvalue weighted by Gasteiger charge is 2.31. The first kappa shape index (κ1) is 25.5. The zero-order valence-corrected chi connectivity index (χ0v) is 20.3. The van der Waals surface area contributed by atoms with Gasteiger partial charge >= 0.3 is 0 Å². The van der Waals surface area contributed by atoms with Crippen molar-refractivity contribution in [2.45, 2.75) is 52.5 Å². The Kier molecular flexibility index (Phi) is 7.82. The van der Waals surface area contributed by atoms with Crippen molar-refractivity contribution in [3.63, 3.8) is 0 Å². The summed E-state index contributed by atoms with van der Waals surface area (Å²) in [6.07, 6.45) is 1.53. The average molecular weight is 472 g/mol. The van der Waals surface area contributed by atoms with Gasteiger partial charge in [-0.3, -0.25) is 10.2 Å². The molecule has 0 amide bonds. The number of fused-ring (bicyclic) bond motifs is 1. The Morgan fingerprint density at radius 1 is 1.21 bits per heavy atom. The fourth-order valence-corrected chi connectivity index (χ4v) is 4.00. The summed E-state index contributed by atoms with van der Waals surface area (Å²) in [4.78, 5) is 14.8. The van der Waals surface area contributed by atoms with Crippen LogP contribution in [0.15, 0.2) is 24.3 Å². The van der Waals surface area contributed by atoms with Crippen LogP contribution in [0.3, 0.4) is 0 Å². The lowest BCUT2D eigenvalue weighted by molar-refractivity contribution is 0.0962. The van der Waals surface area contributed by atoms with E-state index < -0.39 is 11.2 Å². The molecule has 0 radical (unpaired) electrons. The van der Waals surface area contributed by atoms with Crippen molar-refractivity contribution in [1.29, 1.82) is 5.41 Å². The van der Waals surface area contributed by atoms with Gasteiger partial charge in [-0.25, -0.2) is 4.39 Å². The lowest BCUT2D eigenvalue weighted by atomic mass is 9.84. The minimum Gasteiger partial charge on any atom is -0.504 e. The zero-order chi connectivity index (χ0) is 25.0. The molecule has 7 nitrogen and oxygen atoms in total. The minimum atomic E-state index is -0.534. The second-order valence-electron chi connectivity index (χ2n) is 9.46. The third kappa shape index (κ3) is 5.50. The third-order valence-corrected chi connectivity index (χ3v) is 5.77. The molecular weight excluding hydrogens is 437 g/mol. The molecule has 0 aromatic heterocycles. The van der Waals surface area contributed by atoms with E-state index in [0.717, 1.165) is 12.8 Å². The van der Waals surface area contributed by atoms with E-state index in [9.17, 15) is 14.3 Å². The van der Waals surface area contributed by atoms with Crippen LogP contribution < -0.4 is 15.2 Å². The summed E-state index contributed by atoms with van der Waals surface area (Å²) in [5.74, 6) is -0.140. The number of Topliss-reactive ketones (excluding diaryl/α,β-unsaturated/α-hetero) is 1. The molecule has 184 valence electrons. The van der Waals surface area contributed by atoms with Gasteiger partial charge in [-0.05, 0) is 55.5 Å². The van der Waals surface area contributed by atoms with Gasteiger partial charge < -0.3 is 25.2 Å². The number of halogens is 1. The van der Waals surface area contributed by atoms with Crippen LogP contribution in [0.2, 0.25) is 0 Å². The van der Waals surface area contributed by atoms with Crippen LogP contribution in [0.25, 0.3) is 0 Å². The standard InChI is InChI=1S/C26H34FN3O4/c1-5-33-18-10-17-14-30(25(29)23(17)20(27)13-18)15-21(31)16-11-19(26(2,3)4)24(32)22(12-16)34-9-7-6-8-28/h10-13,29,32H,5-9,14-15,28H2,1-4H3. The number of benzene rings is 2. The topological polar surface area (TPSA) is 109 Å². The number of nitrogens with two attached hydrogens (primary N) is 1. The molecule has 3 rings (SSSR count). The van der Waals surface area contributed by atoms with Gasteiger partial charge in [-0.15, -0.1) is 0 Å². The maximum atomic E-state index is 14.6. The first-order valence-corrected chi connectivity index (χ1v) is 11.6. The Morgan fingerprint density at radius 2 is 1.94 bits per heavy atom. The fraction of sp³-hybridized carbons (Fsp3) is 0.462. The Balaban J connectivity index is 1.85. The molecule has 0 fully saturated rings. The summed E-state index contributed by atoms with van der Waals surface area (Å²) in [5, 5.41) is 19.2. The van der Waals surface area contributed by atoms with E-state index in [2.05, 4.69) is 0 Å². The van der Waals surface area contributed by atoms with Gasteiger partial charge in [0.25, 0.3) is 0 Å². The van der Waals surface area contributed by atoms with Crippen molar-refractivity contribution < 1.29 is 23.8 Å². The molecule has 0 atom stereocenters. The van der Waals surface area contributed by atoms with Crippen LogP contribution in [-0.4, -0.2) is 47.9 Å². The number of hydrogen-bond acceptors (Lipinski definition) is 6. The molecule has 8 heteroatoms. The molecule has 1 aliphatic heterocycles. The minimum absolute atomic E-state index is 0.0173. The Morgan fingerprint density at radius 3 is 2.59 bits per heavy atom. The molecule has 0 spiro atoms. The number of rotatable bonds is 10. The number of aromatic hydroxyl groups is 1. The van der Waals surface area contributed by atoms with E-state index in [-0.39, 0.29) is 41.8 Å². The summed E-state index contributed by atoms with van der Waals surface area (Å²) in [5.41, 5.74) is 6.89. The normalized spacial score (nSPS) is 13.2. The van der Waals surface area contributed by atoms with Crippen molar-refractivity contribution in [1.82, 2.24) is 4.90 Å². The average Bonchev–Trinajstić information content (AvgIpc) is 3.07. The van der Waals surface area contributed by atoms with Crippen LogP contribution in [0.1, 0.15) is 67.6 Å². The number of nitrogens with one attached hydrogen (secondary N) is 1. The van der Waals surface area contributed by atoms with Crippen LogP contribution >= 0.6 is 0 Å². The second-order valence-corrected chi connectivity index (χ2v) is 9.46. The Hall–Kier alpha value is -3.13. The molecule has 0 aliphatic carbocycles. The molecule has 0 unspecified atom stereocenters. The highest BCUT2D eigenvalue weighted by molar-refractivity contribution is 6.05. The molecule has 2 aromatic rings. The summed E-state index contributed by atoms with van der Waals surface area (Å²) >= 11 is 0. The van der Waals surface area contributed by atoms with Gasteiger partial charge in [0, 0.05) is 23.7 Å². The molecular formula is C26H34FN3O4. The highest BCUT2D eigenvalue weighted by atomic mass is 19.1. The molecule has 0 bridgehead atoms. The number of unbranched alkanes of at least 4 members (excludes halogenated alkanes) is 1. The number of carbonyl (C=O) groups is 1. The largest absolute Gasteiger partial charge is 0.504 e. The van der Waals surface area contributed by atoms with E-state index in [1.165, 1.54) is 17.0 Å². The number of hydrogen-bond donors (Lipinski definition) is 3. The molecule has 2 aromatic carbocycles. The van der Waals surface area contributed by atoms with Gasteiger partial charge in [-0.1, -0.05) is 20.8 Å². The predicted octanol–water partition coefficient (Wildman–Crippen LogP) is 4.37. The zero-order valence-electron chi connectivity index (χ0n) is 20.3. The number of phenols is 1. The van der Waals surface area contributed by atoms with E-state index in [4.69, 9.17) is 20.6 Å². The number of ether oxygens (including phenoxy) is 2. The van der Waals surface area contributed by atoms with Gasteiger partial charge in [0.2, 0.25) is 0 Å². The molecule has 4 N–H and O–H groups in total. The van der Waals surface area contributed by atoms with Gasteiger partial charge in [-0.2, -0.15) is 0 Å². The quantitative estimate of drug-likeness (QED) is 0.351. The van der Waals surface area contributed by atoms with E-state index in [1.807, 2.05) is 27.7 Å². The molecule has 34 heavy (non-hydrogen) atoms. The molecule has 0 saturated carbocycles. The number of amidine groups is 1. The van der Waals surface area contributed by atoms with Crippen LogP contribution in [0.5, 0.6) is 17.2 Å². The van der Waals surface area contributed by atoms with Crippen LogP contribution in [-0.2, 0) is 12.0 Å². The summed E-state index contributed by atoms with van der Waals surface area (Å²) in [7, 11) is 0. The smallest absolute Gasteiger partial charge is 0.182 e. The van der Waals surface area contributed by atoms with Crippen molar-refractivity contribution in [3.05, 3.63) is 52.3 Å². The first-order valence-electron chi connectivity index (χ1n) is 11.6. The molecule has 0 saturated heterocycles. The van der Waals surface area contributed by atoms with Crippen molar-refractivity contribution in [3.8, 4) is 17.2 Å². The Bertz CT molecular complexity index is 1080. The first-order chi connectivity index (χ1) is 16.1. The van der Waals surface area contributed by atoms with Crippen molar-refractivity contribution in [2.24, 2.45) is 5.73 Å². The monoisotopic (exact) mass is 471 g/mol. The van der Waals surface area contributed by atoms with E-state index in [1.54, 1.807) is 12.1 Å². The summed E-state index contributed by atoms with van der Waals surface area (Å²) in [6, 6.07) is 6.19. The van der Waals surface area contributed by atoms with Gasteiger partial charge in [0.1, 0.15) is 17.4 Å². The fourth-order valence-electron chi connectivity index (χ4n) is 4.00. The SMILES string of the molecule is CCOc1cc(F)c2c(c1)CN(CC(=O)c1cc(OCCCCN)c(O)c(C(C)(C)C)c1)C2=N. The number of phenolic OH excluding ortho intramolecular Hbond substituents is 1. The summed E-state index contributed by atoms with van der Waals surface area (Å²) < 4.78 is 25.8. The lowest BCUT2D eigenvalue weighted by Crippen LogP contribution is -2.30. The third-order valence-electron chi connectivity index (χ3n) is 5.77. The predicted molar refractivity (Wildman–Crippen MR) is 130 cm³/mol. The summed E-state index contributed by atoms with van der Waals surface area (Å²) in [6.45, 7) is 9.13. The highest BCUT2D eigenvalue weighted by Crippen LogP contribution is 2.39. The van der Waals surface area contributed by atoms with E-state index >= 15 is 0 Å². The molecule has 1 aliphatic rings. The maximum absolute atomic E-state index is 14.6. The van der Waals surface area contributed by atoms with Crippen molar-refractivity contribution in [2.75, 3.05) is 26.3 Å². The number of carbonyl (C=O) groups excluding carboxylic acids is 1. The lowest BCUT2D eigenvalue weighted by Gasteiger charge is -2.24. The second kappa shape index (κ2) is 10.4. The number of ketones is 1. The van der Waals surface area contributed by atoms with E-state index in [0.29, 0.717) is 42.2 Å². The van der Waals surface area contributed by atoms with Crippen LogP contribution in [0, 0.1) is 11.2 Å². The maximum Gasteiger partial charge on any atom is 0.182 e. The van der Waals surface area contributed by atoms with Gasteiger partial charge in [0.05, 0.1) is 25.3 Å². The van der Waals surface area contributed by atoms with Crippen LogP contribution in [0.4, 0.5) is 4.39 Å². The van der Waals surface area contributed by atoms with Gasteiger partial charge in [0.15, 0.2) is 17.3 Å². The number of nitrogens with zero attached hydrogens (tertiary/aromatic N) is 1. The van der Waals surface area contributed by atoms with Crippen molar-refractivity contribution >= 4 is 11.6 Å².